The van der Waals surface area contributed by atoms with Gasteiger partial charge in [0.15, 0.2) is 0 Å². The van der Waals surface area contributed by atoms with E-state index in [0.717, 1.165) is 5.56 Å². The van der Waals surface area contributed by atoms with Gasteiger partial charge in [0.25, 0.3) is 0 Å². The quantitative estimate of drug-likeness (QED) is 0.840. The summed E-state index contributed by atoms with van der Waals surface area (Å²) in [6.07, 6.45) is 0. The van der Waals surface area contributed by atoms with Crippen molar-refractivity contribution in [3.63, 3.8) is 0 Å². The minimum atomic E-state index is -0.727. The molecule has 2 atom stereocenters. The van der Waals surface area contributed by atoms with Crippen LogP contribution in [0.25, 0.3) is 0 Å². The summed E-state index contributed by atoms with van der Waals surface area (Å²) in [5.74, 6) is 0.0974. The number of esters is 1. The highest BCUT2D eigenvalue weighted by molar-refractivity contribution is 5.85. The number of urea groups is 1. The minimum Gasteiger partial charge on any atom is -0.468 e. The number of benzene rings is 2. The van der Waals surface area contributed by atoms with Crippen LogP contribution in [0, 0.1) is 5.92 Å². The van der Waals surface area contributed by atoms with Crippen molar-refractivity contribution >= 4 is 12.0 Å². The summed E-state index contributed by atoms with van der Waals surface area (Å²) in [6, 6.07) is 15.6. The Morgan fingerprint density at radius 1 is 1.08 bits per heavy atom. The smallest absolute Gasteiger partial charge is 0.319 e. The summed E-state index contributed by atoms with van der Waals surface area (Å²) in [6.45, 7) is 3.78. The lowest BCUT2D eigenvalue weighted by molar-refractivity contribution is -0.145. The predicted molar refractivity (Wildman–Crippen MR) is 92.0 cm³/mol. The molecule has 6 nitrogen and oxygen atoms in total. The van der Waals surface area contributed by atoms with Crippen molar-refractivity contribution in [1.82, 2.24) is 10.6 Å². The molecule has 2 aromatic carbocycles. The fourth-order valence-corrected chi connectivity index (χ4v) is 2.76. The maximum Gasteiger partial charge on any atom is 0.319 e. The number of para-hydroxylation sites is 1. The third kappa shape index (κ3) is 3.63. The fourth-order valence-electron chi connectivity index (χ4n) is 2.76. The first-order chi connectivity index (χ1) is 12.1. The Morgan fingerprint density at radius 3 is 2.52 bits per heavy atom. The van der Waals surface area contributed by atoms with Crippen molar-refractivity contribution in [3.05, 3.63) is 72.4 Å². The first kappa shape index (κ1) is 16.6. The fraction of sp³-hybridized carbons (Fsp3) is 0.158. The molecule has 0 aliphatic carbocycles. The van der Waals surface area contributed by atoms with Gasteiger partial charge in [-0.1, -0.05) is 36.9 Å². The summed E-state index contributed by atoms with van der Waals surface area (Å²) in [4.78, 5) is 24.0. The van der Waals surface area contributed by atoms with Crippen LogP contribution in [0.3, 0.4) is 0 Å². The van der Waals surface area contributed by atoms with E-state index in [2.05, 4.69) is 17.2 Å². The van der Waals surface area contributed by atoms with Crippen LogP contribution >= 0.6 is 0 Å². The second kappa shape index (κ2) is 7.09. The van der Waals surface area contributed by atoms with E-state index >= 15 is 0 Å². The normalized spacial score (nSPS) is 19.6. The maximum atomic E-state index is 12.1. The molecule has 1 aliphatic rings. The third-order valence-corrected chi connectivity index (χ3v) is 3.92. The Kier molecular flexibility index (Phi) is 4.70. The molecule has 128 valence electrons. The molecular weight excluding hydrogens is 320 g/mol. The molecule has 0 aromatic heterocycles. The van der Waals surface area contributed by atoms with Gasteiger partial charge in [-0.2, -0.15) is 0 Å². The highest BCUT2D eigenvalue weighted by Crippen LogP contribution is 2.32. The number of amides is 2. The van der Waals surface area contributed by atoms with Crippen LogP contribution in [0.1, 0.15) is 11.6 Å². The van der Waals surface area contributed by atoms with Gasteiger partial charge in [0.2, 0.25) is 0 Å². The van der Waals surface area contributed by atoms with Crippen LogP contribution in [0.15, 0.2) is 66.9 Å². The SMILES string of the molecule is C=C1NC(=O)NC(c2cccc(Oc3ccccc3)c2)C1C(=O)OC. The van der Waals surface area contributed by atoms with Crippen LogP contribution in [0.4, 0.5) is 4.79 Å². The van der Waals surface area contributed by atoms with E-state index in [4.69, 9.17) is 9.47 Å². The summed E-state index contributed by atoms with van der Waals surface area (Å²) in [7, 11) is 1.30. The lowest BCUT2D eigenvalue weighted by Gasteiger charge is -2.33. The lowest BCUT2D eigenvalue weighted by Crippen LogP contribution is -2.51. The van der Waals surface area contributed by atoms with Gasteiger partial charge in [-0.3, -0.25) is 4.79 Å². The first-order valence-corrected chi connectivity index (χ1v) is 7.75. The largest absolute Gasteiger partial charge is 0.468 e. The number of rotatable bonds is 4. The molecule has 25 heavy (non-hydrogen) atoms. The minimum absolute atomic E-state index is 0.301. The van der Waals surface area contributed by atoms with E-state index in [1.807, 2.05) is 36.4 Å². The van der Waals surface area contributed by atoms with Crippen molar-refractivity contribution in [3.8, 4) is 11.5 Å². The second-order valence-electron chi connectivity index (χ2n) is 5.59. The van der Waals surface area contributed by atoms with E-state index in [1.54, 1.807) is 18.2 Å². The molecular formula is C19H18N2O4. The molecule has 0 bridgehead atoms. The van der Waals surface area contributed by atoms with Gasteiger partial charge in [-0.15, -0.1) is 0 Å². The van der Waals surface area contributed by atoms with E-state index in [9.17, 15) is 9.59 Å². The Hall–Kier alpha value is -3.28. The molecule has 1 aliphatic heterocycles. The predicted octanol–water partition coefficient (Wildman–Crippen LogP) is 3.14. The number of methoxy groups -OCH3 is 1. The highest BCUT2D eigenvalue weighted by Gasteiger charge is 2.38. The number of ether oxygens (including phenoxy) is 2. The van der Waals surface area contributed by atoms with Crippen LogP contribution < -0.4 is 15.4 Å². The molecule has 0 saturated carbocycles. The number of hydrogen-bond donors (Lipinski definition) is 2. The van der Waals surface area contributed by atoms with Gasteiger partial charge in [0, 0.05) is 5.70 Å². The standard InChI is InChI=1S/C19H18N2O4/c1-12-16(18(22)24-2)17(21-19(23)20-12)13-7-6-10-15(11-13)25-14-8-4-3-5-9-14/h3-11,16-17H,1H2,2H3,(H2,20,21,23). The molecule has 2 N–H and O–H groups in total. The molecule has 1 fully saturated rings. The molecule has 3 rings (SSSR count). The average Bonchev–Trinajstić information content (AvgIpc) is 2.61. The van der Waals surface area contributed by atoms with Gasteiger partial charge in [-0.05, 0) is 29.8 Å². The Morgan fingerprint density at radius 2 is 1.80 bits per heavy atom. The molecule has 1 saturated heterocycles. The molecule has 0 spiro atoms. The van der Waals surface area contributed by atoms with Crippen molar-refractivity contribution < 1.29 is 19.1 Å². The lowest BCUT2D eigenvalue weighted by atomic mass is 9.89. The monoisotopic (exact) mass is 338 g/mol. The molecule has 1 heterocycles. The van der Waals surface area contributed by atoms with Crippen LogP contribution in [0.2, 0.25) is 0 Å². The number of carbonyl (C=O) groups is 2. The topological polar surface area (TPSA) is 76.7 Å². The summed E-state index contributed by atoms with van der Waals surface area (Å²) < 4.78 is 10.7. The Balaban J connectivity index is 1.90. The van der Waals surface area contributed by atoms with Gasteiger partial charge >= 0.3 is 12.0 Å². The Labute approximate surface area is 145 Å². The van der Waals surface area contributed by atoms with Gasteiger partial charge < -0.3 is 20.1 Å². The van der Waals surface area contributed by atoms with Crippen molar-refractivity contribution in [1.29, 1.82) is 0 Å². The molecule has 2 amide bonds. The average molecular weight is 338 g/mol. The van der Waals surface area contributed by atoms with Crippen LogP contribution in [-0.4, -0.2) is 19.1 Å². The number of nitrogens with one attached hydrogen (secondary N) is 2. The van der Waals surface area contributed by atoms with Crippen molar-refractivity contribution in [2.24, 2.45) is 5.92 Å². The van der Waals surface area contributed by atoms with Crippen molar-refractivity contribution in [2.75, 3.05) is 7.11 Å². The zero-order chi connectivity index (χ0) is 17.8. The summed E-state index contributed by atoms with van der Waals surface area (Å²) >= 11 is 0. The van der Waals surface area contributed by atoms with Crippen LogP contribution in [-0.2, 0) is 9.53 Å². The molecule has 2 aromatic rings. The second-order valence-corrected chi connectivity index (χ2v) is 5.59. The summed E-state index contributed by atoms with van der Waals surface area (Å²) in [5, 5.41) is 5.27. The van der Waals surface area contributed by atoms with Gasteiger partial charge in [0.1, 0.15) is 17.4 Å². The van der Waals surface area contributed by atoms with Gasteiger partial charge in [-0.25, -0.2) is 4.79 Å². The van der Waals surface area contributed by atoms with E-state index in [1.165, 1.54) is 7.11 Å². The van der Waals surface area contributed by atoms with E-state index in [-0.39, 0.29) is 0 Å². The number of carbonyl (C=O) groups excluding carboxylic acids is 2. The van der Waals surface area contributed by atoms with E-state index < -0.39 is 24.0 Å². The summed E-state index contributed by atoms with van der Waals surface area (Å²) in [5.41, 5.74) is 1.02. The molecule has 2 unspecified atom stereocenters. The Bertz CT molecular complexity index is 804. The molecule has 0 radical (unpaired) electrons. The number of hydrogen-bond acceptors (Lipinski definition) is 4. The van der Waals surface area contributed by atoms with Gasteiger partial charge in [0.05, 0.1) is 13.2 Å². The first-order valence-electron chi connectivity index (χ1n) is 7.75. The maximum absolute atomic E-state index is 12.1. The highest BCUT2D eigenvalue weighted by atomic mass is 16.5. The van der Waals surface area contributed by atoms with E-state index in [0.29, 0.717) is 17.2 Å². The van der Waals surface area contributed by atoms with Crippen LogP contribution in [0.5, 0.6) is 11.5 Å². The zero-order valence-electron chi connectivity index (χ0n) is 13.7. The molecule has 6 heteroatoms. The zero-order valence-corrected chi connectivity index (χ0v) is 13.7. The van der Waals surface area contributed by atoms with Crippen molar-refractivity contribution in [2.45, 2.75) is 6.04 Å². The third-order valence-electron chi connectivity index (χ3n) is 3.92.